The maximum absolute atomic E-state index is 5.83. The van der Waals surface area contributed by atoms with Crippen molar-refractivity contribution in [2.24, 2.45) is 0 Å². The summed E-state index contributed by atoms with van der Waals surface area (Å²) < 4.78 is 1.10. The summed E-state index contributed by atoms with van der Waals surface area (Å²) in [5.41, 5.74) is 10.4. The highest BCUT2D eigenvalue weighted by atomic mass is 79.9. The first kappa shape index (κ1) is 17.7. The lowest BCUT2D eigenvalue weighted by molar-refractivity contribution is 0.741. The van der Waals surface area contributed by atoms with Crippen molar-refractivity contribution in [3.63, 3.8) is 0 Å². The summed E-state index contributed by atoms with van der Waals surface area (Å²) in [6.45, 7) is 7.24. The van der Waals surface area contributed by atoms with Crippen molar-refractivity contribution < 1.29 is 0 Å². The van der Waals surface area contributed by atoms with Crippen molar-refractivity contribution in [3.8, 4) is 0 Å². The van der Waals surface area contributed by atoms with Crippen LogP contribution in [0.2, 0.25) is 0 Å². The van der Waals surface area contributed by atoms with E-state index in [-0.39, 0.29) is 0 Å². The normalized spacial score (nSPS) is 10.8. The number of hydrogen-bond acceptors (Lipinski definition) is 4. The van der Waals surface area contributed by atoms with Gasteiger partial charge in [-0.05, 0) is 43.5 Å². The Morgan fingerprint density at radius 2 is 1.96 bits per heavy atom. The van der Waals surface area contributed by atoms with Gasteiger partial charge in [0, 0.05) is 28.7 Å². The van der Waals surface area contributed by atoms with Crippen molar-refractivity contribution >= 4 is 27.7 Å². The van der Waals surface area contributed by atoms with E-state index in [9.17, 15) is 0 Å². The van der Waals surface area contributed by atoms with Gasteiger partial charge in [0.15, 0.2) is 0 Å². The average molecular weight is 377 g/mol. The van der Waals surface area contributed by atoms with E-state index in [0.29, 0.717) is 5.95 Å². The Hall–Kier alpha value is -1.62. The standard InChI is InChI=1S/C18H25BrN4/c1-4-5-6-9-21-17-16(13(3)22-18(20)23-17)11-14-7-8-15(19)10-12(14)2/h7-8,10H,4-6,9,11H2,1-3H3,(H3,20,21,22,23). The topological polar surface area (TPSA) is 63.8 Å². The van der Waals surface area contributed by atoms with Gasteiger partial charge in [0.05, 0.1) is 0 Å². The van der Waals surface area contributed by atoms with E-state index in [0.717, 1.165) is 40.9 Å². The summed E-state index contributed by atoms with van der Waals surface area (Å²) in [6, 6.07) is 6.36. The SMILES string of the molecule is CCCCCNc1nc(N)nc(C)c1Cc1ccc(Br)cc1C. The summed E-state index contributed by atoms with van der Waals surface area (Å²) >= 11 is 3.52. The quantitative estimate of drug-likeness (QED) is 0.691. The number of halogens is 1. The molecule has 1 aromatic heterocycles. The molecule has 0 saturated carbocycles. The zero-order valence-electron chi connectivity index (χ0n) is 14.1. The molecule has 0 fully saturated rings. The number of unbranched alkanes of at least 4 members (excludes halogenated alkanes) is 2. The molecule has 2 aromatic rings. The molecule has 5 heteroatoms. The average Bonchev–Trinajstić information content (AvgIpc) is 2.49. The zero-order chi connectivity index (χ0) is 16.8. The molecular weight excluding hydrogens is 352 g/mol. The van der Waals surface area contributed by atoms with Crippen LogP contribution in [0.3, 0.4) is 0 Å². The highest BCUT2D eigenvalue weighted by Gasteiger charge is 2.12. The Bertz CT molecular complexity index is 670. The third kappa shape index (κ3) is 4.93. The Labute approximate surface area is 147 Å². The molecule has 23 heavy (non-hydrogen) atoms. The van der Waals surface area contributed by atoms with Gasteiger partial charge in [-0.3, -0.25) is 0 Å². The van der Waals surface area contributed by atoms with Gasteiger partial charge >= 0.3 is 0 Å². The van der Waals surface area contributed by atoms with E-state index in [1.54, 1.807) is 0 Å². The van der Waals surface area contributed by atoms with Crippen LogP contribution >= 0.6 is 15.9 Å². The van der Waals surface area contributed by atoms with E-state index in [1.807, 2.05) is 6.92 Å². The molecule has 3 N–H and O–H groups in total. The maximum atomic E-state index is 5.83. The molecule has 4 nitrogen and oxygen atoms in total. The van der Waals surface area contributed by atoms with E-state index < -0.39 is 0 Å². The highest BCUT2D eigenvalue weighted by Crippen LogP contribution is 2.24. The van der Waals surface area contributed by atoms with Crippen LogP contribution in [-0.2, 0) is 6.42 Å². The largest absolute Gasteiger partial charge is 0.370 e. The molecule has 0 saturated heterocycles. The van der Waals surface area contributed by atoms with Crippen LogP contribution < -0.4 is 11.1 Å². The van der Waals surface area contributed by atoms with Crippen molar-refractivity contribution in [2.75, 3.05) is 17.6 Å². The zero-order valence-corrected chi connectivity index (χ0v) is 15.7. The summed E-state index contributed by atoms with van der Waals surface area (Å²) in [5, 5.41) is 3.44. The van der Waals surface area contributed by atoms with Gasteiger partial charge in [0.2, 0.25) is 5.95 Å². The summed E-state index contributed by atoms with van der Waals surface area (Å²) in [4.78, 5) is 8.76. The monoisotopic (exact) mass is 376 g/mol. The molecule has 0 unspecified atom stereocenters. The maximum Gasteiger partial charge on any atom is 0.222 e. The molecule has 0 aliphatic heterocycles. The van der Waals surface area contributed by atoms with Crippen LogP contribution in [0.1, 0.15) is 48.6 Å². The van der Waals surface area contributed by atoms with Gasteiger partial charge in [-0.2, -0.15) is 4.98 Å². The molecular formula is C18H25BrN4. The number of nitrogens with zero attached hydrogens (tertiary/aromatic N) is 2. The number of nitrogens with one attached hydrogen (secondary N) is 1. The van der Waals surface area contributed by atoms with Gasteiger partial charge in [-0.15, -0.1) is 0 Å². The molecule has 1 heterocycles. The van der Waals surface area contributed by atoms with Crippen LogP contribution in [0.25, 0.3) is 0 Å². The van der Waals surface area contributed by atoms with Gasteiger partial charge < -0.3 is 11.1 Å². The number of anilines is 2. The Morgan fingerprint density at radius 1 is 1.17 bits per heavy atom. The number of nitrogens with two attached hydrogens (primary N) is 1. The minimum atomic E-state index is 0.330. The molecule has 0 atom stereocenters. The van der Waals surface area contributed by atoms with Gasteiger partial charge in [-0.1, -0.05) is 41.8 Å². The number of aromatic nitrogens is 2. The molecule has 0 aliphatic rings. The summed E-state index contributed by atoms with van der Waals surface area (Å²) in [5.74, 6) is 1.20. The fourth-order valence-electron chi connectivity index (χ4n) is 2.61. The Morgan fingerprint density at radius 3 is 2.65 bits per heavy atom. The fraction of sp³-hybridized carbons (Fsp3) is 0.444. The minimum absolute atomic E-state index is 0.330. The summed E-state index contributed by atoms with van der Waals surface area (Å²) in [7, 11) is 0. The van der Waals surface area contributed by atoms with Crippen molar-refractivity contribution in [3.05, 3.63) is 45.1 Å². The second-order valence-corrected chi connectivity index (χ2v) is 6.79. The van der Waals surface area contributed by atoms with Crippen molar-refractivity contribution in [1.29, 1.82) is 0 Å². The van der Waals surface area contributed by atoms with Gasteiger partial charge in [0.1, 0.15) is 5.82 Å². The van der Waals surface area contributed by atoms with Crippen LogP contribution in [0.15, 0.2) is 22.7 Å². The summed E-state index contributed by atoms with van der Waals surface area (Å²) in [6.07, 6.45) is 4.36. The molecule has 0 radical (unpaired) electrons. The molecule has 0 aliphatic carbocycles. The van der Waals surface area contributed by atoms with Crippen molar-refractivity contribution in [1.82, 2.24) is 9.97 Å². The van der Waals surface area contributed by atoms with Crippen LogP contribution in [0, 0.1) is 13.8 Å². The Kier molecular flexibility index (Phi) is 6.39. The van der Waals surface area contributed by atoms with E-state index in [2.05, 4.69) is 63.3 Å². The van der Waals surface area contributed by atoms with E-state index in [4.69, 9.17) is 5.73 Å². The number of benzene rings is 1. The third-order valence-electron chi connectivity index (χ3n) is 3.98. The molecule has 1 aromatic carbocycles. The lowest BCUT2D eigenvalue weighted by Gasteiger charge is -2.15. The second kappa shape index (κ2) is 8.29. The fourth-order valence-corrected chi connectivity index (χ4v) is 3.08. The molecule has 2 rings (SSSR count). The number of rotatable bonds is 7. The smallest absolute Gasteiger partial charge is 0.222 e. The lowest BCUT2D eigenvalue weighted by atomic mass is 10.00. The van der Waals surface area contributed by atoms with Gasteiger partial charge in [-0.25, -0.2) is 4.98 Å². The second-order valence-electron chi connectivity index (χ2n) is 5.88. The lowest BCUT2D eigenvalue weighted by Crippen LogP contribution is -2.11. The number of aryl methyl sites for hydroxylation is 2. The molecule has 0 bridgehead atoms. The van der Waals surface area contributed by atoms with Crippen molar-refractivity contribution in [2.45, 2.75) is 46.5 Å². The van der Waals surface area contributed by atoms with E-state index >= 15 is 0 Å². The van der Waals surface area contributed by atoms with Crippen LogP contribution in [0.4, 0.5) is 11.8 Å². The molecule has 124 valence electrons. The van der Waals surface area contributed by atoms with Crippen LogP contribution in [-0.4, -0.2) is 16.5 Å². The van der Waals surface area contributed by atoms with E-state index in [1.165, 1.54) is 24.0 Å². The first-order valence-electron chi connectivity index (χ1n) is 8.13. The van der Waals surface area contributed by atoms with Crippen LogP contribution in [0.5, 0.6) is 0 Å². The highest BCUT2D eigenvalue weighted by molar-refractivity contribution is 9.10. The number of nitrogen functional groups attached to an aromatic ring is 1. The first-order valence-corrected chi connectivity index (χ1v) is 8.92. The Balaban J connectivity index is 2.25. The number of hydrogen-bond donors (Lipinski definition) is 2. The first-order chi connectivity index (χ1) is 11.0. The predicted octanol–water partition coefficient (Wildman–Crippen LogP) is 4.63. The molecule has 0 amide bonds. The minimum Gasteiger partial charge on any atom is -0.370 e. The predicted molar refractivity (Wildman–Crippen MR) is 101 cm³/mol. The molecule has 0 spiro atoms. The van der Waals surface area contributed by atoms with Gasteiger partial charge in [0.25, 0.3) is 0 Å². The third-order valence-corrected chi connectivity index (χ3v) is 4.47.